The maximum atomic E-state index is 6.34. The molecule has 2 heteroatoms. The number of benzene rings is 1. The smallest absolute Gasteiger partial charge is 0.123 e. The second-order valence-electron chi connectivity index (χ2n) is 5.66. The summed E-state index contributed by atoms with van der Waals surface area (Å²) in [5, 5.41) is 0. The SMILES string of the molecule is CCCC(N)C1CC(C)(C)Oc2ccccc21. The summed E-state index contributed by atoms with van der Waals surface area (Å²) >= 11 is 0. The molecule has 1 aliphatic rings. The normalized spacial score (nSPS) is 23.6. The zero-order valence-corrected chi connectivity index (χ0v) is 11.1. The summed E-state index contributed by atoms with van der Waals surface area (Å²) in [6.45, 7) is 6.49. The highest BCUT2D eigenvalue weighted by atomic mass is 16.5. The molecule has 1 aromatic rings. The Morgan fingerprint density at radius 1 is 1.41 bits per heavy atom. The fourth-order valence-electron chi connectivity index (χ4n) is 2.78. The first kappa shape index (κ1) is 12.4. The van der Waals surface area contributed by atoms with Crippen molar-refractivity contribution in [3.05, 3.63) is 29.8 Å². The van der Waals surface area contributed by atoms with Crippen LogP contribution in [0.25, 0.3) is 0 Å². The summed E-state index contributed by atoms with van der Waals surface area (Å²) in [6.07, 6.45) is 3.22. The summed E-state index contributed by atoms with van der Waals surface area (Å²) < 4.78 is 6.02. The summed E-state index contributed by atoms with van der Waals surface area (Å²) in [6, 6.07) is 8.56. The Morgan fingerprint density at radius 2 is 2.12 bits per heavy atom. The molecule has 0 bridgehead atoms. The Bertz CT molecular complexity index is 386. The first-order valence-corrected chi connectivity index (χ1v) is 6.57. The molecule has 0 saturated carbocycles. The summed E-state index contributed by atoms with van der Waals surface area (Å²) in [4.78, 5) is 0. The van der Waals surface area contributed by atoms with Crippen molar-refractivity contribution in [3.63, 3.8) is 0 Å². The van der Waals surface area contributed by atoms with Crippen LogP contribution in [0, 0.1) is 0 Å². The molecule has 0 spiro atoms. The Hall–Kier alpha value is -1.02. The van der Waals surface area contributed by atoms with Gasteiger partial charge in [-0.25, -0.2) is 0 Å². The fourth-order valence-corrected chi connectivity index (χ4v) is 2.78. The number of para-hydroxylation sites is 1. The fraction of sp³-hybridized carbons (Fsp3) is 0.600. The third kappa shape index (κ3) is 2.63. The molecule has 2 rings (SSSR count). The molecule has 1 aliphatic heterocycles. The quantitative estimate of drug-likeness (QED) is 0.867. The highest BCUT2D eigenvalue weighted by Gasteiger charge is 2.35. The molecule has 0 amide bonds. The van der Waals surface area contributed by atoms with E-state index in [1.807, 2.05) is 6.07 Å². The molecule has 0 saturated heterocycles. The van der Waals surface area contributed by atoms with Crippen LogP contribution in [-0.4, -0.2) is 11.6 Å². The second-order valence-corrected chi connectivity index (χ2v) is 5.66. The van der Waals surface area contributed by atoms with Crippen LogP contribution in [0.4, 0.5) is 0 Å². The Labute approximate surface area is 104 Å². The third-order valence-corrected chi connectivity index (χ3v) is 3.56. The zero-order chi connectivity index (χ0) is 12.5. The Morgan fingerprint density at radius 3 is 2.82 bits per heavy atom. The zero-order valence-electron chi connectivity index (χ0n) is 11.1. The molecule has 17 heavy (non-hydrogen) atoms. The first-order chi connectivity index (χ1) is 8.03. The lowest BCUT2D eigenvalue weighted by molar-refractivity contribution is 0.0668. The Kier molecular flexibility index (Phi) is 3.43. The van der Waals surface area contributed by atoms with Gasteiger partial charge in [-0.3, -0.25) is 0 Å². The van der Waals surface area contributed by atoms with E-state index in [2.05, 4.69) is 39.0 Å². The minimum atomic E-state index is -0.107. The van der Waals surface area contributed by atoms with Gasteiger partial charge in [0.2, 0.25) is 0 Å². The van der Waals surface area contributed by atoms with Crippen molar-refractivity contribution in [2.75, 3.05) is 0 Å². The maximum absolute atomic E-state index is 6.34. The molecule has 2 N–H and O–H groups in total. The van der Waals surface area contributed by atoms with E-state index in [0.717, 1.165) is 25.0 Å². The van der Waals surface area contributed by atoms with Crippen molar-refractivity contribution in [2.45, 2.75) is 57.6 Å². The van der Waals surface area contributed by atoms with Gasteiger partial charge in [-0.1, -0.05) is 31.5 Å². The van der Waals surface area contributed by atoms with Crippen molar-refractivity contribution in [3.8, 4) is 5.75 Å². The molecule has 0 aliphatic carbocycles. The van der Waals surface area contributed by atoms with Crippen LogP contribution in [0.1, 0.15) is 51.5 Å². The van der Waals surface area contributed by atoms with E-state index >= 15 is 0 Å². The van der Waals surface area contributed by atoms with Crippen molar-refractivity contribution in [2.24, 2.45) is 5.73 Å². The molecule has 0 radical (unpaired) electrons. The van der Waals surface area contributed by atoms with Gasteiger partial charge >= 0.3 is 0 Å². The average Bonchev–Trinajstić information content (AvgIpc) is 2.27. The largest absolute Gasteiger partial charge is 0.488 e. The highest BCUT2D eigenvalue weighted by molar-refractivity contribution is 5.39. The lowest BCUT2D eigenvalue weighted by Crippen LogP contribution is -2.41. The number of fused-ring (bicyclic) bond motifs is 1. The molecule has 1 aromatic carbocycles. The van der Waals surface area contributed by atoms with E-state index in [0.29, 0.717) is 5.92 Å². The van der Waals surface area contributed by atoms with Crippen molar-refractivity contribution >= 4 is 0 Å². The summed E-state index contributed by atoms with van der Waals surface area (Å²) in [5.41, 5.74) is 7.52. The predicted octanol–water partition coefficient (Wildman–Crippen LogP) is 3.46. The molecular formula is C15H23NO. The van der Waals surface area contributed by atoms with Crippen molar-refractivity contribution < 1.29 is 4.74 Å². The number of hydrogen-bond donors (Lipinski definition) is 1. The van der Waals surface area contributed by atoms with E-state index in [-0.39, 0.29) is 11.6 Å². The molecule has 94 valence electrons. The molecule has 2 atom stereocenters. The van der Waals surface area contributed by atoms with Crippen LogP contribution < -0.4 is 10.5 Å². The molecule has 0 aromatic heterocycles. The van der Waals surface area contributed by atoms with Crippen LogP contribution in [0.3, 0.4) is 0 Å². The van der Waals surface area contributed by atoms with Crippen LogP contribution in [0.5, 0.6) is 5.75 Å². The standard InChI is InChI=1S/C15H23NO/c1-4-7-13(16)12-10-15(2,3)17-14-9-6-5-8-11(12)14/h5-6,8-9,12-13H,4,7,10,16H2,1-3H3. The maximum Gasteiger partial charge on any atom is 0.123 e. The van der Waals surface area contributed by atoms with E-state index in [4.69, 9.17) is 10.5 Å². The number of hydrogen-bond acceptors (Lipinski definition) is 2. The van der Waals surface area contributed by atoms with Crippen molar-refractivity contribution in [1.82, 2.24) is 0 Å². The van der Waals surface area contributed by atoms with E-state index < -0.39 is 0 Å². The Balaban J connectivity index is 2.32. The lowest BCUT2D eigenvalue weighted by Gasteiger charge is -2.40. The van der Waals surface area contributed by atoms with Gasteiger partial charge in [-0.15, -0.1) is 0 Å². The van der Waals surface area contributed by atoms with Gasteiger partial charge in [0.25, 0.3) is 0 Å². The molecule has 2 nitrogen and oxygen atoms in total. The third-order valence-electron chi connectivity index (χ3n) is 3.56. The van der Waals surface area contributed by atoms with Gasteiger partial charge in [-0.2, -0.15) is 0 Å². The van der Waals surface area contributed by atoms with E-state index in [1.54, 1.807) is 0 Å². The predicted molar refractivity (Wildman–Crippen MR) is 71.4 cm³/mol. The number of ether oxygens (including phenoxy) is 1. The van der Waals surface area contributed by atoms with Gasteiger partial charge in [0.05, 0.1) is 0 Å². The van der Waals surface area contributed by atoms with Crippen LogP contribution in [-0.2, 0) is 0 Å². The minimum Gasteiger partial charge on any atom is -0.488 e. The average molecular weight is 233 g/mol. The summed E-state index contributed by atoms with van der Waals surface area (Å²) in [5.74, 6) is 1.44. The van der Waals surface area contributed by atoms with Gasteiger partial charge in [0.15, 0.2) is 0 Å². The van der Waals surface area contributed by atoms with Gasteiger partial charge < -0.3 is 10.5 Å². The van der Waals surface area contributed by atoms with E-state index in [9.17, 15) is 0 Å². The molecular weight excluding hydrogens is 210 g/mol. The van der Waals surface area contributed by atoms with Gasteiger partial charge in [-0.05, 0) is 38.3 Å². The molecule has 0 fully saturated rings. The van der Waals surface area contributed by atoms with Gasteiger partial charge in [0.1, 0.15) is 11.4 Å². The summed E-state index contributed by atoms with van der Waals surface area (Å²) in [7, 11) is 0. The first-order valence-electron chi connectivity index (χ1n) is 6.57. The molecule has 2 unspecified atom stereocenters. The van der Waals surface area contributed by atoms with Crippen molar-refractivity contribution in [1.29, 1.82) is 0 Å². The second kappa shape index (κ2) is 4.69. The molecule has 1 heterocycles. The van der Waals surface area contributed by atoms with E-state index in [1.165, 1.54) is 5.56 Å². The topological polar surface area (TPSA) is 35.2 Å². The minimum absolute atomic E-state index is 0.107. The monoisotopic (exact) mass is 233 g/mol. The highest BCUT2D eigenvalue weighted by Crippen LogP contribution is 2.42. The van der Waals surface area contributed by atoms with Crippen LogP contribution in [0.15, 0.2) is 24.3 Å². The van der Waals surface area contributed by atoms with Crippen LogP contribution in [0.2, 0.25) is 0 Å². The van der Waals surface area contributed by atoms with Gasteiger partial charge in [0, 0.05) is 12.0 Å². The number of nitrogens with two attached hydrogens (primary N) is 1. The lowest BCUT2D eigenvalue weighted by atomic mass is 9.79. The number of rotatable bonds is 3. The van der Waals surface area contributed by atoms with Crippen LogP contribution >= 0.6 is 0 Å².